The zero-order valence-corrected chi connectivity index (χ0v) is 29.2. The van der Waals surface area contributed by atoms with Crippen molar-refractivity contribution in [3.63, 3.8) is 0 Å². The van der Waals surface area contributed by atoms with Crippen molar-refractivity contribution >= 4 is 75.7 Å². The molecule has 1 aromatic heterocycles. The maximum Gasteiger partial charge on any atom is 0.0973 e. The molecular formula is C52H30N2. The fourth-order valence-electron chi connectivity index (χ4n) is 8.99. The van der Waals surface area contributed by atoms with Gasteiger partial charge in [-0.3, -0.25) is 0 Å². The summed E-state index contributed by atoms with van der Waals surface area (Å²) in [7, 11) is 0. The van der Waals surface area contributed by atoms with Gasteiger partial charge in [0.2, 0.25) is 0 Å². The first-order valence-corrected chi connectivity index (χ1v) is 18.6. The van der Waals surface area contributed by atoms with E-state index >= 15 is 0 Å². The van der Waals surface area contributed by atoms with Gasteiger partial charge >= 0.3 is 0 Å². The molecule has 0 saturated heterocycles. The zero-order chi connectivity index (χ0) is 35.3. The van der Waals surface area contributed by atoms with E-state index < -0.39 is 0 Å². The van der Waals surface area contributed by atoms with Crippen LogP contribution in [0, 0.1) is 0 Å². The average molecular weight is 683 g/mol. The molecule has 0 saturated carbocycles. The molecule has 2 nitrogen and oxygen atoms in total. The lowest BCUT2D eigenvalue weighted by Crippen LogP contribution is -1.97. The molecule has 12 aromatic rings. The van der Waals surface area contributed by atoms with E-state index in [-0.39, 0.29) is 0 Å². The van der Waals surface area contributed by atoms with Crippen LogP contribution in [0.25, 0.3) is 120 Å². The average Bonchev–Trinajstić information content (AvgIpc) is 3.24. The SMILES string of the molecule is c1ccc(-c2nc3cc(-c4cc5ccc6cccc7ccc(c4)c5c67)c(-c4cc5ccc6cccc7ccc(c4)c5c67)cc3nc2-c2ccccc2)cc1. The Labute approximate surface area is 311 Å². The Morgan fingerprint density at radius 1 is 0.241 bits per heavy atom. The summed E-state index contributed by atoms with van der Waals surface area (Å²) in [5.74, 6) is 0. The number of nitrogens with zero attached hydrogens (tertiary/aromatic N) is 2. The summed E-state index contributed by atoms with van der Waals surface area (Å²) in [4.78, 5) is 10.9. The molecule has 0 bridgehead atoms. The molecule has 0 fully saturated rings. The highest BCUT2D eigenvalue weighted by atomic mass is 14.8. The van der Waals surface area contributed by atoms with Gasteiger partial charge in [-0.25, -0.2) is 9.97 Å². The lowest BCUT2D eigenvalue weighted by molar-refractivity contribution is 1.29. The van der Waals surface area contributed by atoms with Crippen LogP contribution >= 0.6 is 0 Å². The van der Waals surface area contributed by atoms with E-state index in [9.17, 15) is 0 Å². The summed E-state index contributed by atoms with van der Waals surface area (Å²) >= 11 is 0. The largest absolute Gasteiger partial charge is 0.244 e. The highest BCUT2D eigenvalue weighted by molar-refractivity contribution is 6.25. The van der Waals surface area contributed by atoms with Crippen molar-refractivity contribution in [3.05, 3.63) is 182 Å². The van der Waals surface area contributed by atoms with Crippen LogP contribution in [0.4, 0.5) is 0 Å². The number of rotatable bonds is 4. The predicted octanol–water partition coefficient (Wildman–Crippen LogP) is 14.1. The van der Waals surface area contributed by atoms with E-state index in [0.29, 0.717) is 0 Å². The van der Waals surface area contributed by atoms with Crippen molar-refractivity contribution < 1.29 is 0 Å². The molecule has 0 aliphatic heterocycles. The first-order chi connectivity index (χ1) is 26.7. The Morgan fingerprint density at radius 3 is 0.907 bits per heavy atom. The van der Waals surface area contributed by atoms with Crippen molar-refractivity contribution in [1.82, 2.24) is 9.97 Å². The minimum atomic E-state index is 0.870. The van der Waals surface area contributed by atoms with E-state index in [1.807, 2.05) is 12.1 Å². The summed E-state index contributed by atoms with van der Waals surface area (Å²) in [6.45, 7) is 0. The molecule has 2 heteroatoms. The smallest absolute Gasteiger partial charge is 0.0973 e. The van der Waals surface area contributed by atoms with Gasteiger partial charge in [-0.2, -0.15) is 0 Å². The van der Waals surface area contributed by atoms with Crippen LogP contribution in [0.1, 0.15) is 0 Å². The van der Waals surface area contributed by atoms with E-state index in [4.69, 9.17) is 9.97 Å². The molecule has 0 aliphatic rings. The van der Waals surface area contributed by atoms with Crippen LogP contribution in [0.2, 0.25) is 0 Å². The molecule has 0 N–H and O–H groups in total. The standard InChI is InChI=1S/C52H30N2/c1-3-9-35(10-4-1)51-52(36-11-5-2-6-12-36)54-46-30-44(42-27-39-23-19-33-15-8-16-34-20-24-40(28-42)50(39)48(33)34)43(29-45(46)53-51)41-25-37-21-17-31-13-7-14-32-18-22-38(26-41)49(37)47(31)32/h1-30H. The molecule has 1 heterocycles. The lowest BCUT2D eigenvalue weighted by atomic mass is 9.87. The van der Waals surface area contributed by atoms with Crippen LogP contribution in [-0.2, 0) is 0 Å². The monoisotopic (exact) mass is 682 g/mol. The Hall–Kier alpha value is -7.16. The van der Waals surface area contributed by atoms with E-state index in [1.165, 1.54) is 64.6 Å². The molecular weight excluding hydrogens is 653 g/mol. The number of hydrogen-bond donors (Lipinski definition) is 0. The summed E-state index contributed by atoms with van der Waals surface area (Å²) in [5, 5.41) is 15.4. The molecule has 0 atom stereocenters. The van der Waals surface area contributed by atoms with Gasteiger partial charge in [-0.1, -0.05) is 146 Å². The molecule has 248 valence electrons. The van der Waals surface area contributed by atoms with Crippen LogP contribution in [0.3, 0.4) is 0 Å². The maximum absolute atomic E-state index is 5.44. The second kappa shape index (κ2) is 11.2. The second-order valence-corrected chi connectivity index (χ2v) is 14.6. The number of fused-ring (bicyclic) bond motifs is 1. The molecule has 0 unspecified atom stereocenters. The summed E-state index contributed by atoms with van der Waals surface area (Å²) in [6, 6.07) is 66.2. The first-order valence-electron chi connectivity index (χ1n) is 18.6. The Bertz CT molecular complexity index is 3060. The van der Waals surface area contributed by atoms with Crippen LogP contribution < -0.4 is 0 Å². The Morgan fingerprint density at radius 2 is 0.556 bits per heavy atom. The number of aromatic nitrogens is 2. The number of benzene rings is 11. The Kier molecular flexibility index (Phi) is 6.09. The van der Waals surface area contributed by atoms with E-state index in [0.717, 1.165) is 55.8 Å². The van der Waals surface area contributed by atoms with Gasteiger partial charge in [0.25, 0.3) is 0 Å². The van der Waals surface area contributed by atoms with Gasteiger partial charge in [0.1, 0.15) is 0 Å². The highest BCUT2D eigenvalue weighted by Crippen LogP contribution is 2.44. The van der Waals surface area contributed by atoms with Gasteiger partial charge in [-0.05, 0) is 123 Å². The lowest BCUT2D eigenvalue weighted by Gasteiger charge is -2.18. The van der Waals surface area contributed by atoms with Gasteiger partial charge < -0.3 is 0 Å². The van der Waals surface area contributed by atoms with Gasteiger partial charge in [0, 0.05) is 11.1 Å². The molecule has 0 spiro atoms. The minimum absolute atomic E-state index is 0.870. The molecule has 12 rings (SSSR count). The summed E-state index contributed by atoms with van der Waals surface area (Å²) < 4.78 is 0. The van der Waals surface area contributed by atoms with Gasteiger partial charge in [0.15, 0.2) is 0 Å². The van der Waals surface area contributed by atoms with Gasteiger partial charge in [-0.15, -0.1) is 0 Å². The third-order valence-electron chi connectivity index (χ3n) is 11.4. The topological polar surface area (TPSA) is 25.8 Å². The van der Waals surface area contributed by atoms with Crippen molar-refractivity contribution in [1.29, 1.82) is 0 Å². The molecule has 0 amide bonds. The quantitative estimate of drug-likeness (QED) is 0.173. The molecule has 11 aromatic carbocycles. The summed E-state index contributed by atoms with van der Waals surface area (Å²) in [6.07, 6.45) is 0. The third kappa shape index (κ3) is 4.34. The van der Waals surface area contributed by atoms with E-state index in [2.05, 4.69) is 170 Å². The predicted molar refractivity (Wildman–Crippen MR) is 229 cm³/mol. The molecule has 0 aliphatic carbocycles. The maximum atomic E-state index is 5.44. The Balaban J connectivity index is 1.18. The van der Waals surface area contributed by atoms with E-state index in [1.54, 1.807) is 0 Å². The van der Waals surface area contributed by atoms with Crippen molar-refractivity contribution in [3.8, 4) is 44.8 Å². The normalized spacial score (nSPS) is 12.1. The number of hydrogen-bond acceptors (Lipinski definition) is 2. The fourth-order valence-corrected chi connectivity index (χ4v) is 8.99. The van der Waals surface area contributed by atoms with Gasteiger partial charge in [0.05, 0.1) is 22.4 Å². The second-order valence-electron chi connectivity index (χ2n) is 14.6. The minimum Gasteiger partial charge on any atom is -0.244 e. The van der Waals surface area contributed by atoms with Crippen molar-refractivity contribution in [2.75, 3.05) is 0 Å². The molecule has 54 heavy (non-hydrogen) atoms. The highest BCUT2D eigenvalue weighted by Gasteiger charge is 2.19. The zero-order valence-electron chi connectivity index (χ0n) is 29.2. The van der Waals surface area contributed by atoms with Crippen LogP contribution in [-0.4, -0.2) is 9.97 Å². The third-order valence-corrected chi connectivity index (χ3v) is 11.4. The van der Waals surface area contributed by atoms with Crippen LogP contribution in [0.5, 0.6) is 0 Å². The molecule has 0 radical (unpaired) electrons. The fraction of sp³-hybridized carbons (Fsp3) is 0. The van der Waals surface area contributed by atoms with Crippen molar-refractivity contribution in [2.24, 2.45) is 0 Å². The van der Waals surface area contributed by atoms with Crippen molar-refractivity contribution in [2.45, 2.75) is 0 Å². The van der Waals surface area contributed by atoms with Crippen LogP contribution in [0.15, 0.2) is 182 Å². The summed E-state index contributed by atoms with van der Waals surface area (Å²) in [5.41, 5.74) is 10.2. The first kappa shape index (κ1) is 29.4.